The van der Waals surface area contributed by atoms with Crippen LogP contribution >= 0.6 is 0 Å². The number of hydrogen-bond acceptors (Lipinski definition) is 1. The number of furan rings is 1. The summed E-state index contributed by atoms with van der Waals surface area (Å²) in [6.07, 6.45) is 0. The van der Waals surface area contributed by atoms with Gasteiger partial charge in [-0.25, -0.2) is 0 Å². The third-order valence-electron chi connectivity index (χ3n) is 10.3. The van der Waals surface area contributed by atoms with E-state index in [1.54, 1.807) is 0 Å². The molecule has 0 N–H and O–H groups in total. The molecule has 11 aromatic rings. The number of fused-ring (bicyclic) bond motifs is 9. The highest BCUT2D eigenvalue weighted by molar-refractivity contribution is 6.25. The molecular weight excluding hydrogens is 617 g/mol. The average molecular weight is 655 g/mol. The highest BCUT2D eigenvalue weighted by Crippen LogP contribution is 2.47. The molecule has 0 fully saturated rings. The Morgan fingerprint density at radius 3 is 1.67 bits per heavy atom. The van der Waals surface area contributed by atoms with Crippen molar-refractivity contribution < 1.29 is 15.4 Å². The Kier molecular flexibility index (Phi) is 4.57. The largest absolute Gasteiger partial charge is 0.455 e. The quantitative estimate of drug-likeness (QED) is 0.173. The minimum atomic E-state index is -0.432. The van der Waals surface area contributed by atoms with Gasteiger partial charge in [-0.2, -0.15) is 0 Å². The third kappa shape index (κ3) is 4.16. The lowest BCUT2D eigenvalue weighted by Crippen LogP contribution is -1.92. The summed E-state index contributed by atoms with van der Waals surface area (Å²) >= 11 is 0. The summed E-state index contributed by atoms with van der Waals surface area (Å²) in [6.45, 7) is 0. The van der Waals surface area contributed by atoms with Crippen molar-refractivity contribution in [1.82, 2.24) is 0 Å². The van der Waals surface area contributed by atoms with Crippen molar-refractivity contribution in [2.45, 2.75) is 0 Å². The van der Waals surface area contributed by atoms with Crippen molar-refractivity contribution in [3.63, 3.8) is 0 Å². The van der Waals surface area contributed by atoms with Crippen molar-refractivity contribution in [3.05, 3.63) is 182 Å². The molecule has 236 valence electrons. The lowest BCUT2D eigenvalue weighted by molar-refractivity contribution is 0.670. The van der Waals surface area contributed by atoms with E-state index >= 15 is 0 Å². The van der Waals surface area contributed by atoms with E-state index < -0.39 is 24.2 Å². The van der Waals surface area contributed by atoms with Gasteiger partial charge in [0.2, 0.25) is 0 Å². The van der Waals surface area contributed by atoms with Crippen LogP contribution in [0.3, 0.4) is 0 Å². The molecule has 1 nitrogen and oxygen atoms in total. The Morgan fingerprint density at radius 2 is 0.922 bits per heavy atom. The molecule has 1 heteroatoms. The minimum absolute atomic E-state index is 0.181. The van der Waals surface area contributed by atoms with E-state index in [-0.39, 0.29) is 45.7 Å². The third-order valence-corrected chi connectivity index (χ3v) is 10.3. The Morgan fingerprint density at radius 1 is 0.373 bits per heavy atom. The van der Waals surface area contributed by atoms with Crippen LogP contribution < -0.4 is 0 Å². The zero-order valence-corrected chi connectivity index (χ0v) is 27.1. The van der Waals surface area contributed by atoms with Crippen molar-refractivity contribution >= 4 is 75.8 Å². The molecule has 0 aliphatic rings. The number of benzene rings is 10. The molecule has 0 spiro atoms. The Labute approximate surface area is 305 Å². The van der Waals surface area contributed by atoms with E-state index in [1.165, 1.54) is 0 Å². The van der Waals surface area contributed by atoms with Gasteiger partial charge in [0.15, 0.2) is 0 Å². The van der Waals surface area contributed by atoms with Gasteiger partial charge in [0.25, 0.3) is 0 Å². The van der Waals surface area contributed by atoms with Crippen LogP contribution in [-0.2, 0) is 0 Å². The van der Waals surface area contributed by atoms with Crippen LogP contribution in [0, 0.1) is 0 Å². The fraction of sp³-hybridized carbons (Fsp3) is 0. The lowest BCUT2D eigenvalue weighted by atomic mass is 9.84. The number of para-hydroxylation sites is 1. The maximum Gasteiger partial charge on any atom is 0.143 e. The molecule has 0 bridgehead atoms. The smallest absolute Gasteiger partial charge is 0.143 e. The maximum atomic E-state index is 9.49. The van der Waals surface area contributed by atoms with Crippen LogP contribution in [0.25, 0.3) is 109 Å². The Bertz CT molecular complexity index is 3580. The Balaban J connectivity index is 1.29. The van der Waals surface area contributed by atoms with Gasteiger partial charge in [0.1, 0.15) is 11.2 Å². The van der Waals surface area contributed by atoms with Crippen LogP contribution in [0.1, 0.15) is 11.0 Å². The Hall–Kier alpha value is -6.70. The first kappa shape index (κ1) is 21.4. The lowest BCUT2D eigenvalue weighted by Gasteiger charge is -2.19. The molecule has 0 aliphatic heterocycles. The van der Waals surface area contributed by atoms with Gasteiger partial charge in [-0.15, -0.1) is 0 Å². The predicted molar refractivity (Wildman–Crippen MR) is 218 cm³/mol. The predicted octanol–water partition coefficient (Wildman–Crippen LogP) is 14.4. The second kappa shape index (κ2) is 10.9. The molecule has 0 atom stereocenters. The highest BCUT2D eigenvalue weighted by atomic mass is 16.3. The summed E-state index contributed by atoms with van der Waals surface area (Å²) < 4.78 is 80.0. The fourth-order valence-corrected chi connectivity index (χ4v) is 8.07. The topological polar surface area (TPSA) is 13.1 Å². The number of rotatable bonds is 3. The second-order valence-corrected chi connectivity index (χ2v) is 13.0. The monoisotopic (exact) mass is 654 g/mol. The van der Waals surface area contributed by atoms with Crippen LogP contribution in [0.2, 0.25) is 0 Å². The maximum absolute atomic E-state index is 9.49. The van der Waals surface area contributed by atoms with Gasteiger partial charge in [-0.05, 0) is 93.8 Å². The average Bonchev–Trinajstić information content (AvgIpc) is 3.67. The van der Waals surface area contributed by atoms with Gasteiger partial charge >= 0.3 is 0 Å². The molecule has 0 saturated carbocycles. The SMILES string of the molecule is [2H]c1c([2H])c([2H])c2c(-c3cccc4c(-c5cccc6c5oc5ccc7ccccc7c56)cccc34)c3c([2H])c([2H])c([2H])c([2H])c3c(-c3ccc4ccccc4c3)c2c1[2H]. The van der Waals surface area contributed by atoms with Crippen molar-refractivity contribution in [1.29, 1.82) is 0 Å². The van der Waals surface area contributed by atoms with Crippen molar-refractivity contribution in [2.75, 3.05) is 0 Å². The molecule has 0 aliphatic carbocycles. The molecule has 10 aromatic carbocycles. The van der Waals surface area contributed by atoms with Gasteiger partial charge in [0, 0.05) is 16.3 Å². The van der Waals surface area contributed by atoms with Crippen LogP contribution in [-0.4, -0.2) is 0 Å². The van der Waals surface area contributed by atoms with E-state index in [0.29, 0.717) is 22.3 Å². The van der Waals surface area contributed by atoms with Crippen LogP contribution in [0.5, 0.6) is 0 Å². The molecule has 0 radical (unpaired) electrons. The van der Waals surface area contributed by atoms with E-state index in [1.807, 2.05) is 109 Å². The fourth-order valence-electron chi connectivity index (χ4n) is 8.07. The van der Waals surface area contributed by atoms with E-state index in [9.17, 15) is 5.48 Å². The summed E-state index contributed by atoms with van der Waals surface area (Å²) in [5.74, 6) is 0. The first-order valence-electron chi connectivity index (χ1n) is 20.9. The minimum Gasteiger partial charge on any atom is -0.455 e. The zero-order chi connectivity index (χ0) is 40.4. The first-order chi connectivity index (χ1) is 28.6. The van der Waals surface area contributed by atoms with Crippen molar-refractivity contribution in [2.24, 2.45) is 0 Å². The van der Waals surface area contributed by atoms with E-state index in [2.05, 4.69) is 24.3 Å². The first-order valence-corrected chi connectivity index (χ1v) is 16.9. The molecule has 11 rings (SSSR count). The second-order valence-electron chi connectivity index (χ2n) is 13.0. The van der Waals surface area contributed by atoms with Crippen LogP contribution in [0.4, 0.5) is 0 Å². The van der Waals surface area contributed by atoms with Gasteiger partial charge in [0.05, 0.1) is 11.0 Å². The van der Waals surface area contributed by atoms with Crippen LogP contribution in [0.15, 0.2) is 186 Å². The van der Waals surface area contributed by atoms with Gasteiger partial charge in [-0.3, -0.25) is 0 Å². The zero-order valence-electron chi connectivity index (χ0n) is 35.1. The molecule has 0 unspecified atom stereocenters. The molecule has 0 saturated heterocycles. The molecule has 1 aromatic heterocycles. The summed E-state index contributed by atoms with van der Waals surface area (Å²) in [5, 5.41) is 8.39. The normalized spacial score (nSPS) is 14.1. The molecular formula is C50H30O. The summed E-state index contributed by atoms with van der Waals surface area (Å²) in [4.78, 5) is 0. The van der Waals surface area contributed by atoms with E-state index in [4.69, 9.17) is 9.90 Å². The highest BCUT2D eigenvalue weighted by Gasteiger charge is 2.20. The summed E-state index contributed by atoms with van der Waals surface area (Å²) in [6, 6.07) is 40.7. The molecule has 1 heterocycles. The standard InChI is InChI=1S/C50H30O/c1-2-14-33-30-34(27-26-31(33)12-1)47-40-16-5-7-18-42(40)48(43-19-8-6-17-41(43)47)39-23-10-20-36-37(39)21-9-22-38(36)44-24-11-25-45-49-35-15-4-3-13-32(35)28-29-46(49)51-50(44)45/h1-30H/i5D,6D,7D,8D,16D,17D,18D,19D. The van der Waals surface area contributed by atoms with E-state index in [0.717, 1.165) is 65.4 Å². The van der Waals surface area contributed by atoms with Gasteiger partial charge in [-0.1, -0.05) is 170 Å². The molecule has 0 amide bonds. The van der Waals surface area contributed by atoms with Gasteiger partial charge < -0.3 is 4.42 Å². The summed E-state index contributed by atoms with van der Waals surface area (Å²) in [5.41, 5.74) is 5.05. The van der Waals surface area contributed by atoms with Crippen molar-refractivity contribution in [3.8, 4) is 33.4 Å². The number of hydrogen-bond donors (Lipinski definition) is 0. The summed E-state index contributed by atoms with van der Waals surface area (Å²) in [7, 11) is 0. The molecule has 51 heavy (non-hydrogen) atoms.